The first kappa shape index (κ1) is 15.9. The van der Waals surface area contributed by atoms with Gasteiger partial charge in [-0.15, -0.1) is 0 Å². The van der Waals surface area contributed by atoms with Gasteiger partial charge < -0.3 is 9.84 Å². The first-order valence-electron chi connectivity index (χ1n) is 6.89. The van der Waals surface area contributed by atoms with Crippen molar-refractivity contribution in [3.05, 3.63) is 35.9 Å². The summed E-state index contributed by atoms with van der Waals surface area (Å²) >= 11 is 0. The third kappa shape index (κ3) is 7.75. The number of Topliss-reactive ketones (excluding diaryl/α,β-unsaturated/α-hetero) is 1. The van der Waals surface area contributed by atoms with Crippen molar-refractivity contribution in [2.45, 2.75) is 45.8 Å². The quantitative estimate of drug-likeness (QED) is 0.746. The average Bonchev–Trinajstić information content (AvgIpc) is 2.37. The molecule has 3 heteroatoms. The molecule has 0 aromatic heterocycles. The fraction of sp³-hybridized carbons (Fsp3) is 0.562. The summed E-state index contributed by atoms with van der Waals surface area (Å²) < 4.78 is 5.43. The zero-order valence-corrected chi connectivity index (χ0v) is 11.8. The predicted octanol–water partition coefficient (Wildman–Crippen LogP) is 2.96. The Hall–Kier alpha value is -1.19. The van der Waals surface area contributed by atoms with Crippen LogP contribution in [0.1, 0.15) is 38.7 Å². The van der Waals surface area contributed by atoms with Crippen molar-refractivity contribution in [2.24, 2.45) is 5.92 Å². The first-order valence-corrected chi connectivity index (χ1v) is 6.89. The van der Waals surface area contributed by atoms with Gasteiger partial charge >= 0.3 is 0 Å². The molecule has 3 nitrogen and oxygen atoms in total. The summed E-state index contributed by atoms with van der Waals surface area (Å²) in [5.41, 5.74) is 1.09. The molecule has 0 aliphatic rings. The summed E-state index contributed by atoms with van der Waals surface area (Å²) in [5, 5.41) is 9.73. The fourth-order valence-electron chi connectivity index (χ4n) is 1.86. The van der Waals surface area contributed by atoms with Gasteiger partial charge in [-0.3, -0.25) is 4.79 Å². The lowest BCUT2D eigenvalue weighted by Crippen LogP contribution is -2.17. The van der Waals surface area contributed by atoms with Crippen LogP contribution in [0.2, 0.25) is 0 Å². The summed E-state index contributed by atoms with van der Waals surface area (Å²) in [6.07, 6.45) is 0.964. The van der Waals surface area contributed by atoms with Crippen molar-refractivity contribution in [3.63, 3.8) is 0 Å². The fourth-order valence-corrected chi connectivity index (χ4v) is 1.86. The Morgan fingerprint density at radius 3 is 2.58 bits per heavy atom. The summed E-state index contributed by atoms with van der Waals surface area (Å²) in [6.45, 7) is 4.83. The Morgan fingerprint density at radius 2 is 1.95 bits per heavy atom. The van der Waals surface area contributed by atoms with Gasteiger partial charge in [0.15, 0.2) is 0 Å². The average molecular weight is 264 g/mol. The van der Waals surface area contributed by atoms with E-state index < -0.39 is 6.10 Å². The number of hydrogen-bond acceptors (Lipinski definition) is 3. The van der Waals surface area contributed by atoms with Crippen molar-refractivity contribution in [3.8, 4) is 0 Å². The van der Waals surface area contributed by atoms with E-state index in [0.717, 1.165) is 5.56 Å². The second kappa shape index (κ2) is 8.83. The minimum Gasteiger partial charge on any atom is -0.391 e. The molecule has 0 saturated heterocycles. The van der Waals surface area contributed by atoms with Crippen molar-refractivity contribution in [2.75, 3.05) is 6.61 Å². The molecule has 1 unspecified atom stereocenters. The number of ketones is 1. The number of benzene rings is 1. The minimum atomic E-state index is -0.556. The molecule has 106 valence electrons. The van der Waals surface area contributed by atoms with Crippen molar-refractivity contribution >= 4 is 5.78 Å². The Labute approximate surface area is 115 Å². The Morgan fingerprint density at radius 1 is 1.26 bits per heavy atom. The van der Waals surface area contributed by atoms with Crippen molar-refractivity contribution in [1.29, 1.82) is 0 Å². The summed E-state index contributed by atoms with van der Waals surface area (Å²) in [4.78, 5) is 11.5. The van der Waals surface area contributed by atoms with Gasteiger partial charge in [0.2, 0.25) is 0 Å². The minimum absolute atomic E-state index is 0.220. The van der Waals surface area contributed by atoms with Crippen LogP contribution in [0.25, 0.3) is 0 Å². The number of ether oxygens (including phenoxy) is 1. The summed E-state index contributed by atoms with van der Waals surface area (Å²) in [6, 6.07) is 9.84. The number of hydrogen-bond donors (Lipinski definition) is 1. The Balaban J connectivity index is 2.11. The highest BCUT2D eigenvalue weighted by atomic mass is 16.5. The molecule has 0 heterocycles. The van der Waals surface area contributed by atoms with Crippen LogP contribution in [-0.4, -0.2) is 23.6 Å². The van der Waals surface area contributed by atoms with Gasteiger partial charge in [0.1, 0.15) is 5.78 Å². The molecule has 1 aromatic carbocycles. The van der Waals surface area contributed by atoms with Gasteiger partial charge in [-0.1, -0.05) is 44.2 Å². The molecule has 0 aliphatic carbocycles. The van der Waals surface area contributed by atoms with Crippen LogP contribution in [0, 0.1) is 5.92 Å². The maximum absolute atomic E-state index is 11.5. The number of carbonyl (C=O) groups is 1. The smallest absolute Gasteiger partial charge is 0.133 e. The highest BCUT2D eigenvalue weighted by molar-refractivity contribution is 5.78. The molecule has 0 aliphatic heterocycles. The maximum atomic E-state index is 11.5. The molecule has 0 fully saturated rings. The normalized spacial score (nSPS) is 12.6. The Kier molecular flexibility index (Phi) is 7.38. The van der Waals surface area contributed by atoms with Crippen LogP contribution in [0.4, 0.5) is 0 Å². The molecule has 1 rings (SSSR count). The molecular formula is C16H24O3. The molecule has 0 radical (unpaired) electrons. The number of aliphatic hydroxyl groups excluding tert-OH is 1. The zero-order valence-electron chi connectivity index (χ0n) is 11.8. The van der Waals surface area contributed by atoms with Gasteiger partial charge in [-0.25, -0.2) is 0 Å². The van der Waals surface area contributed by atoms with E-state index in [4.69, 9.17) is 4.74 Å². The van der Waals surface area contributed by atoms with E-state index in [2.05, 4.69) is 0 Å². The maximum Gasteiger partial charge on any atom is 0.133 e. The van der Waals surface area contributed by atoms with Gasteiger partial charge in [0, 0.05) is 12.8 Å². The standard InChI is InChI=1S/C16H24O3/c1-13(2)10-15(17)8-9-16(18)12-19-11-14-6-4-3-5-7-14/h3-7,13,16,18H,8-12H2,1-2H3. The van der Waals surface area contributed by atoms with Crippen LogP contribution in [0.15, 0.2) is 30.3 Å². The molecule has 1 N–H and O–H groups in total. The van der Waals surface area contributed by atoms with Crippen molar-refractivity contribution in [1.82, 2.24) is 0 Å². The van der Waals surface area contributed by atoms with E-state index in [-0.39, 0.29) is 12.4 Å². The number of carbonyl (C=O) groups excluding carboxylic acids is 1. The van der Waals surface area contributed by atoms with E-state index in [1.807, 2.05) is 44.2 Å². The molecular weight excluding hydrogens is 240 g/mol. The molecule has 1 aromatic rings. The van der Waals surface area contributed by atoms with Gasteiger partial charge in [-0.05, 0) is 17.9 Å². The lowest BCUT2D eigenvalue weighted by Gasteiger charge is -2.11. The van der Waals surface area contributed by atoms with Crippen molar-refractivity contribution < 1.29 is 14.6 Å². The van der Waals surface area contributed by atoms with Crippen LogP contribution in [0.3, 0.4) is 0 Å². The topological polar surface area (TPSA) is 46.5 Å². The third-order valence-corrected chi connectivity index (χ3v) is 2.81. The summed E-state index contributed by atoms with van der Waals surface area (Å²) in [5.74, 6) is 0.607. The second-order valence-electron chi connectivity index (χ2n) is 5.33. The monoisotopic (exact) mass is 264 g/mol. The highest BCUT2D eigenvalue weighted by Crippen LogP contribution is 2.07. The SMILES string of the molecule is CC(C)CC(=O)CCC(O)COCc1ccccc1. The number of rotatable bonds is 9. The highest BCUT2D eigenvalue weighted by Gasteiger charge is 2.10. The lowest BCUT2D eigenvalue weighted by atomic mass is 10.0. The van der Waals surface area contributed by atoms with Crippen LogP contribution < -0.4 is 0 Å². The van der Waals surface area contributed by atoms with E-state index in [1.54, 1.807) is 0 Å². The van der Waals surface area contributed by atoms with Gasteiger partial charge in [0.25, 0.3) is 0 Å². The van der Waals surface area contributed by atoms with E-state index in [9.17, 15) is 9.90 Å². The summed E-state index contributed by atoms with van der Waals surface area (Å²) in [7, 11) is 0. The number of aliphatic hydroxyl groups is 1. The molecule has 1 atom stereocenters. The predicted molar refractivity (Wildman–Crippen MR) is 75.8 cm³/mol. The Bertz CT molecular complexity index is 360. The third-order valence-electron chi connectivity index (χ3n) is 2.81. The molecule has 0 spiro atoms. The van der Waals surface area contributed by atoms with Crippen LogP contribution in [0.5, 0.6) is 0 Å². The second-order valence-corrected chi connectivity index (χ2v) is 5.33. The van der Waals surface area contributed by atoms with E-state index in [0.29, 0.717) is 31.8 Å². The lowest BCUT2D eigenvalue weighted by molar-refractivity contribution is -0.120. The van der Waals surface area contributed by atoms with Gasteiger partial charge in [-0.2, -0.15) is 0 Å². The van der Waals surface area contributed by atoms with E-state index in [1.165, 1.54) is 0 Å². The first-order chi connectivity index (χ1) is 9.08. The molecule has 0 amide bonds. The molecule has 19 heavy (non-hydrogen) atoms. The van der Waals surface area contributed by atoms with Crippen LogP contribution >= 0.6 is 0 Å². The van der Waals surface area contributed by atoms with Gasteiger partial charge in [0.05, 0.1) is 19.3 Å². The molecule has 0 saturated carbocycles. The molecule has 0 bridgehead atoms. The largest absolute Gasteiger partial charge is 0.391 e. The van der Waals surface area contributed by atoms with E-state index >= 15 is 0 Å². The zero-order chi connectivity index (χ0) is 14.1. The van der Waals surface area contributed by atoms with Crippen LogP contribution in [-0.2, 0) is 16.1 Å².